The molecular formula is C34H46F2N2S. The standard InChI is InChI=1S/C34H46F2N2S/c1-20(2)7-6-8-21(3)26-11-12-27-25-9-10-29-31-30(14-16-34(29,5)28(25)13-15-33(26,27)4)38-32(39-31)37-24-18-22(35)17-23(36)19-24/h10,17-21,25-28H,6-9,11-16H2,1-5H3,(H,37,38)/t21-,25+,26-,27+,28+,33-,34-/m1/s1. The largest absolute Gasteiger partial charge is 0.331 e. The molecule has 5 heteroatoms. The molecule has 1 aromatic carbocycles. The highest BCUT2D eigenvalue weighted by Crippen LogP contribution is 2.68. The Hall–Kier alpha value is -1.75. The molecule has 2 nitrogen and oxygen atoms in total. The molecule has 2 saturated carbocycles. The Labute approximate surface area is 238 Å². The minimum absolute atomic E-state index is 0.201. The van der Waals surface area contributed by atoms with Gasteiger partial charge >= 0.3 is 0 Å². The van der Waals surface area contributed by atoms with E-state index in [1.807, 2.05) is 0 Å². The number of nitrogens with one attached hydrogen (secondary N) is 1. The van der Waals surface area contributed by atoms with Crippen LogP contribution in [0.4, 0.5) is 19.6 Å². The number of hydrogen-bond donors (Lipinski definition) is 1. The zero-order chi connectivity index (χ0) is 27.5. The first kappa shape index (κ1) is 27.4. The number of fused-ring (bicyclic) bond motifs is 7. The summed E-state index contributed by atoms with van der Waals surface area (Å²) in [5.41, 5.74) is 3.77. The fourth-order valence-electron chi connectivity index (χ4n) is 9.70. The Bertz CT molecular complexity index is 1230. The Kier molecular flexibility index (Phi) is 7.22. The maximum atomic E-state index is 13.8. The van der Waals surface area contributed by atoms with Crippen LogP contribution in [0.15, 0.2) is 24.3 Å². The average Bonchev–Trinajstić information content (AvgIpc) is 3.43. The fraction of sp³-hybridized carbons (Fsp3) is 0.676. The van der Waals surface area contributed by atoms with Crippen LogP contribution in [-0.2, 0) is 6.42 Å². The number of halogens is 2. The van der Waals surface area contributed by atoms with E-state index in [4.69, 9.17) is 4.98 Å². The molecule has 0 aliphatic heterocycles. The molecule has 39 heavy (non-hydrogen) atoms. The van der Waals surface area contributed by atoms with Crippen molar-refractivity contribution in [3.8, 4) is 0 Å². The Morgan fingerprint density at radius 3 is 2.51 bits per heavy atom. The molecule has 4 aliphatic carbocycles. The van der Waals surface area contributed by atoms with Gasteiger partial charge in [0.2, 0.25) is 0 Å². The molecule has 1 aromatic heterocycles. The van der Waals surface area contributed by atoms with Crippen molar-refractivity contribution in [3.05, 3.63) is 46.5 Å². The van der Waals surface area contributed by atoms with E-state index >= 15 is 0 Å². The molecule has 7 atom stereocenters. The van der Waals surface area contributed by atoms with E-state index in [-0.39, 0.29) is 5.41 Å². The van der Waals surface area contributed by atoms with Gasteiger partial charge in [0.05, 0.1) is 10.6 Å². The number of hydrogen-bond acceptors (Lipinski definition) is 3. The van der Waals surface area contributed by atoms with Crippen LogP contribution in [-0.4, -0.2) is 4.98 Å². The van der Waals surface area contributed by atoms with Crippen molar-refractivity contribution >= 4 is 27.7 Å². The quantitative estimate of drug-likeness (QED) is 0.369. The van der Waals surface area contributed by atoms with Crippen LogP contribution in [0.3, 0.4) is 0 Å². The van der Waals surface area contributed by atoms with Gasteiger partial charge in [-0.1, -0.05) is 71.3 Å². The summed E-state index contributed by atoms with van der Waals surface area (Å²) >= 11 is 1.66. The van der Waals surface area contributed by atoms with Gasteiger partial charge in [-0.15, -0.1) is 0 Å². The lowest BCUT2D eigenvalue weighted by molar-refractivity contribution is -0.0392. The second kappa shape index (κ2) is 10.3. The first-order valence-corrected chi connectivity index (χ1v) is 16.3. The molecule has 2 aromatic rings. The summed E-state index contributed by atoms with van der Waals surface area (Å²) in [6, 6.07) is 3.57. The topological polar surface area (TPSA) is 24.9 Å². The van der Waals surface area contributed by atoms with Gasteiger partial charge in [0.1, 0.15) is 11.6 Å². The van der Waals surface area contributed by atoms with Gasteiger partial charge in [0.15, 0.2) is 5.13 Å². The van der Waals surface area contributed by atoms with E-state index in [9.17, 15) is 8.78 Å². The van der Waals surface area contributed by atoms with Gasteiger partial charge in [-0.25, -0.2) is 13.8 Å². The lowest BCUT2D eigenvalue weighted by Gasteiger charge is -2.57. The fourth-order valence-corrected chi connectivity index (χ4v) is 10.9. The zero-order valence-electron chi connectivity index (χ0n) is 24.5. The normalized spacial score (nSPS) is 34.1. The van der Waals surface area contributed by atoms with Gasteiger partial charge in [-0.3, -0.25) is 0 Å². The number of thiazole rings is 1. The molecule has 2 fully saturated rings. The second-order valence-electron chi connectivity index (χ2n) is 14.3. The molecule has 1 N–H and O–H groups in total. The highest BCUT2D eigenvalue weighted by atomic mass is 32.1. The van der Waals surface area contributed by atoms with E-state index in [1.165, 1.54) is 73.9 Å². The molecule has 0 bridgehead atoms. The maximum absolute atomic E-state index is 13.8. The van der Waals surface area contributed by atoms with Crippen molar-refractivity contribution in [1.82, 2.24) is 4.98 Å². The molecule has 212 valence electrons. The summed E-state index contributed by atoms with van der Waals surface area (Å²) < 4.78 is 27.5. The Morgan fingerprint density at radius 2 is 1.77 bits per heavy atom. The van der Waals surface area contributed by atoms with Crippen LogP contribution in [0.2, 0.25) is 0 Å². The van der Waals surface area contributed by atoms with Crippen molar-refractivity contribution < 1.29 is 8.78 Å². The van der Waals surface area contributed by atoms with Crippen LogP contribution < -0.4 is 5.32 Å². The molecule has 0 saturated heterocycles. The Balaban J connectivity index is 1.22. The predicted octanol–water partition coefficient (Wildman–Crippen LogP) is 10.4. The van der Waals surface area contributed by atoms with Gasteiger partial charge < -0.3 is 5.32 Å². The van der Waals surface area contributed by atoms with Crippen molar-refractivity contribution in [2.24, 2.45) is 46.3 Å². The number of benzene rings is 1. The summed E-state index contributed by atoms with van der Waals surface area (Å²) in [6.07, 6.45) is 15.6. The SMILES string of the molecule is CC(C)CCC[C@@H](C)[C@H]1CC[C@H]2[C@@H]3CC=C4c5sc(Nc6cc(F)cc(F)c6)nc5CC[C@]4(C)[C@H]3CC[C@]12C. The maximum Gasteiger partial charge on any atom is 0.187 e. The summed E-state index contributed by atoms with van der Waals surface area (Å²) in [4.78, 5) is 6.19. The van der Waals surface area contributed by atoms with Gasteiger partial charge in [0.25, 0.3) is 0 Å². The van der Waals surface area contributed by atoms with Crippen molar-refractivity contribution in [2.75, 3.05) is 5.32 Å². The summed E-state index contributed by atoms with van der Waals surface area (Å²) in [5, 5.41) is 3.91. The second-order valence-corrected chi connectivity index (χ2v) is 15.3. The van der Waals surface area contributed by atoms with E-state index in [0.29, 0.717) is 11.1 Å². The third-order valence-electron chi connectivity index (χ3n) is 11.6. The molecule has 0 radical (unpaired) electrons. The molecule has 0 unspecified atom stereocenters. The smallest absolute Gasteiger partial charge is 0.187 e. The number of nitrogens with zero attached hydrogens (tertiary/aromatic N) is 1. The molecule has 0 spiro atoms. The first-order valence-electron chi connectivity index (χ1n) is 15.5. The first-order chi connectivity index (χ1) is 18.6. The van der Waals surface area contributed by atoms with Gasteiger partial charge in [0, 0.05) is 11.8 Å². The molecule has 0 amide bonds. The minimum Gasteiger partial charge on any atom is -0.331 e. The number of rotatable bonds is 7. The predicted molar refractivity (Wildman–Crippen MR) is 159 cm³/mol. The number of allylic oxidation sites excluding steroid dienone is 2. The van der Waals surface area contributed by atoms with Crippen molar-refractivity contribution in [3.63, 3.8) is 0 Å². The number of aromatic nitrogens is 1. The zero-order valence-corrected chi connectivity index (χ0v) is 25.3. The summed E-state index contributed by atoms with van der Waals surface area (Å²) in [5.74, 6) is 3.79. The van der Waals surface area contributed by atoms with Crippen LogP contribution >= 0.6 is 11.3 Å². The van der Waals surface area contributed by atoms with Crippen LogP contribution in [0.1, 0.15) is 103 Å². The average molecular weight is 553 g/mol. The van der Waals surface area contributed by atoms with Gasteiger partial charge in [-0.2, -0.15) is 0 Å². The van der Waals surface area contributed by atoms with Crippen LogP contribution in [0.25, 0.3) is 5.57 Å². The molecule has 1 heterocycles. The number of anilines is 2. The molecule has 6 rings (SSSR count). The van der Waals surface area contributed by atoms with Crippen molar-refractivity contribution in [2.45, 2.75) is 98.8 Å². The highest BCUT2D eigenvalue weighted by molar-refractivity contribution is 7.16. The van der Waals surface area contributed by atoms with Crippen molar-refractivity contribution in [1.29, 1.82) is 0 Å². The van der Waals surface area contributed by atoms with E-state index in [2.05, 4.69) is 46.0 Å². The monoisotopic (exact) mass is 552 g/mol. The van der Waals surface area contributed by atoms with E-state index < -0.39 is 11.6 Å². The third-order valence-corrected chi connectivity index (χ3v) is 12.6. The molecular weight excluding hydrogens is 506 g/mol. The number of aryl methyl sites for hydroxylation is 1. The van der Waals surface area contributed by atoms with E-state index in [1.54, 1.807) is 11.3 Å². The van der Waals surface area contributed by atoms with E-state index in [0.717, 1.165) is 65.2 Å². The lowest BCUT2D eigenvalue weighted by atomic mass is 9.47. The lowest BCUT2D eigenvalue weighted by Crippen LogP contribution is -2.49. The third kappa shape index (κ3) is 4.79. The van der Waals surface area contributed by atoms with Crippen LogP contribution in [0, 0.1) is 58.0 Å². The summed E-state index contributed by atoms with van der Waals surface area (Å²) in [6.45, 7) is 12.5. The summed E-state index contributed by atoms with van der Waals surface area (Å²) in [7, 11) is 0. The molecule has 4 aliphatic rings. The Morgan fingerprint density at radius 1 is 1.00 bits per heavy atom. The van der Waals surface area contributed by atoms with Gasteiger partial charge in [-0.05, 0) is 109 Å². The highest BCUT2D eigenvalue weighted by Gasteiger charge is 2.59. The van der Waals surface area contributed by atoms with Crippen LogP contribution in [0.5, 0.6) is 0 Å². The minimum atomic E-state index is -0.573.